The molecule has 0 saturated carbocycles. The zero-order valence-electron chi connectivity index (χ0n) is 13.8. The van der Waals surface area contributed by atoms with E-state index in [0.717, 1.165) is 22.6 Å². The van der Waals surface area contributed by atoms with E-state index in [1.165, 1.54) is 6.92 Å². The molecule has 0 fully saturated rings. The maximum Gasteiger partial charge on any atom is 0.137 e. The highest BCUT2D eigenvalue weighted by atomic mass is 16.5. The fourth-order valence-corrected chi connectivity index (χ4v) is 3.77. The van der Waals surface area contributed by atoms with Crippen LogP contribution in [0.5, 0.6) is 5.75 Å². The van der Waals surface area contributed by atoms with Gasteiger partial charge in [-0.25, -0.2) is 0 Å². The lowest BCUT2D eigenvalue weighted by Gasteiger charge is -2.40. The number of carbonyl (C=O) groups is 1. The van der Waals surface area contributed by atoms with Crippen molar-refractivity contribution in [1.29, 1.82) is 0 Å². The van der Waals surface area contributed by atoms with E-state index >= 15 is 0 Å². The highest BCUT2D eigenvalue weighted by molar-refractivity contribution is 5.82. The van der Waals surface area contributed by atoms with E-state index in [4.69, 9.17) is 9.26 Å². The minimum Gasteiger partial charge on any atom is -0.497 e. The van der Waals surface area contributed by atoms with Crippen molar-refractivity contribution in [2.75, 3.05) is 7.11 Å². The molecule has 5 heteroatoms. The molecule has 1 aliphatic carbocycles. The molecule has 0 amide bonds. The first-order valence-electron chi connectivity index (χ1n) is 7.67. The van der Waals surface area contributed by atoms with E-state index in [1.807, 2.05) is 31.2 Å². The Hall–Kier alpha value is -2.14. The number of benzene rings is 1. The molecule has 3 atom stereocenters. The van der Waals surface area contributed by atoms with E-state index in [2.05, 4.69) is 5.16 Å². The number of methoxy groups -OCH3 is 1. The van der Waals surface area contributed by atoms with E-state index in [-0.39, 0.29) is 11.7 Å². The number of aromatic nitrogens is 1. The molecule has 0 spiro atoms. The van der Waals surface area contributed by atoms with Gasteiger partial charge in [-0.1, -0.05) is 17.3 Å². The summed E-state index contributed by atoms with van der Waals surface area (Å²) in [4.78, 5) is 12.3. The van der Waals surface area contributed by atoms with Crippen molar-refractivity contribution in [2.45, 2.75) is 38.7 Å². The van der Waals surface area contributed by atoms with Crippen LogP contribution < -0.4 is 4.74 Å². The fourth-order valence-electron chi connectivity index (χ4n) is 3.77. The van der Waals surface area contributed by atoms with E-state index < -0.39 is 11.5 Å². The Morgan fingerprint density at radius 3 is 2.61 bits per heavy atom. The van der Waals surface area contributed by atoms with E-state index in [1.54, 1.807) is 14.0 Å². The van der Waals surface area contributed by atoms with Crippen molar-refractivity contribution >= 4 is 5.78 Å². The Morgan fingerprint density at radius 2 is 2.04 bits per heavy atom. The molecular weight excluding hydrogens is 294 g/mol. The van der Waals surface area contributed by atoms with Gasteiger partial charge in [0.15, 0.2) is 0 Å². The Balaban J connectivity index is 2.19. The summed E-state index contributed by atoms with van der Waals surface area (Å²) in [6.07, 6.45) is 0.316. The van der Waals surface area contributed by atoms with Crippen molar-refractivity contribution < 1.29 is 19.2 Å². The van der Waals surface area contributed by atoms with Gasteiger partial charge in [0.1, 0.15) is 17.3 Å². The van der Waals surface area contributed by atoms with E-state index in [0.29, 0.717) is 12.2 Å². The number of nitrogens with zero attached hydrogens (tertiary/aromatic N) is 1. The molecule has 1 aromatic carbocycles. The van der Waals surface area contributed by atoms with Gasteiger partial charge in [0.25, 0.3) is 0 Å². The molecule has 3 rings (SSSR count). The van der Waals surface area contributed by atoms with Crippen LogP contribution in [0.3, 0.4) is 0 Å². The molecule has 1 heterocycles. The van der Waals surface area contributed by atoms with Crippen LogP contribution in [0.15, 0.2) is 28.8 Å². The molecule has 1 aromatic heterocycles. The number of carbonyl (C=O) groups excluding carboxylic acids is 1. The van der Waals surface area contributed by atoms with E-state index in [9.17, 15) is 9.90 Å². The molecule has 122 valence electrons. The molecular formula is C18H21NO4. The average Bonchev–Trinajstić information content (AvgIpc) is 2.85. The molecule has 5 nitrogen and oxygen atoms in total. The zero-order valence-corrected chi connectivity index (χ0v) is 13.8. The Labute approximate surface area is 135 Å². The summed E-state index contributed by atoms with van der Waals surface area (Å²) in [5, 5.41) is 15.0. The molecule has 1 N–H and O–H groups in total. The minimum atomic E-state index is -1.16. The number of aliphatic hydroxyl groups is 1. The first-order chi connectivity index (χ1) is 10.8. The summed E-state index contributed by atoms with van der Waals surface area (Å²) in [6, 6.07) is 7.57. The summed E-state index contributed by atoms with van der Waals surface area (Å²) >= 11 is 0. The van der Waals surface area contributed by atoms with Gasteiger partial charge >= 0.3 is 0 Å². The number of hydrogen-bond donors (Lipinski definition) is 1. The number of rotatable bonds is 3. The van der Waals surface area contributed by atoms with Crippen LogP contribution in [-0.2, 0) is 11.2 Å². The molecule has 0 bridgehead atoms. The normalized spacial score (nSPS) is 26.7. The van der Waals surface area contributed by atoms with Gasteiger partial charge in [0.05, 0.1) is 24.3 Å². The first kappa shape index (κ1) is 15.7. The Bertz CT molecular complexity index is 730. The molecule has 1 aliphatic rings. The van der Waals surface area contributed by atoms with Crippen LogP contribution in [0.2, 0.25) is 0 Å². The maximum absolute atomic E-state index is 12.3. The highest BCUT2D eigenvalue weighted by Crippen LogP contribution is 2.47. The number of ketones is 1. The second kappa shape index (κ2) is 5.49. The molecule has 0 unspecified atom stereocenters. The zero-order chi connectivity index (χ0) is 16.8. The van der Waals surface area contributed by atoms with Crippen molar-refractivity contribution in [3.8, 4) is 5.75 Å². The summed E-state index contributed by atoms with van der Waals surface area (Å²) in [7, 11) is 1.61. The molecule has 0 radical (unpaired) electrons. The van der Waals surface area contributed by atoms with Crippen LogP contribution in [0.4, 0.5) is 0 Å². The summed E-state index contributed by atoms with van der Waals surface area (Å²) in [6.45, 7) is 5.08. The van der Waals surface area contributed by atoms with Crippen LogP contribution in [-0.4, -0.2) is 28.8 Å². The summed E-state index contributed by atoms with van der Waals surface area (Å²) in [5.74, 6) is 0.590. The lowest BCUT2D eigenvalue weighted by Crippen LogP contribution is -2.48. The number of aryl methyl sites for hydroxylation is 1. The van der Waals surface area contributed by atoms with Crippen LogP contribution in [0.1, 0.15) is 42.3 Å². The van der Waals surface area contributed by atoms with Gasteiger partial charge < -0.3 is 14.4 Å². The topological polar surface area (TPSA) is 72.6 Å². The third-order valence-electron chi connectivity index (χ3n) is 4.74. The first-order valence-corrected chi connectivity index (χ1v) is 7.67. The minimum absolute atomic E-state index is 0.0398. The van der Waals surface area contributed by atoms with Gasteiger partial charge in [-0.2, -0.15) is 0 Å². The molecule has 2 aromatic rings. The molecule has 0 saturated heterocycles. The largest absolute Gasteiger partial charge is 0.497 e. The summed E-state index contributed by atoms with van der Waals surface area (Å²) in [5.41, 5.74) is 1.43. The maximum atomic E-state index is 12.3. The van der Waals surface area contributed by atoms with Gasteiger partial charge in [-0.05, 0) is 38.5 Å². The number of fused-ring (bicyclic) bond motifs is 1. The van der Waals surface area contributed by atoms with Gasteiger partial charge in [-0.15, -0.1) is 0 Å². The highest BCUT2D eigenvalue weighted by Gasteiger charge is 2.49. The van der Waals surface area contributed by atoms with Crippen molar-refractivity contribution in [3.63, 3.8) is 0 Å². The predicted octanol–water partition coefficient (Wildman–Crippen LogP) is 2.64. The third kappa shape index (κ3) is 2.55. The monoisotopic (exact) mass is 315 g/mol. The van der Waals surface area contributed by atoms with Crippen LogP contribution in [0.25, 0.3) is 0 Å². The number of ether oxygens (including phenoxy) is 1. The lowest BCUT2D eigenvalue weighted by atomic mass is 9.64. The average molecular weight is 315 g/mol. The SMILES string of the molecule is COc1ccc([C@@H]2c3c(noc3C)C[C@](C)(O)[C@H]2C(C)=O)cc1. The summed E-state index contributed by atoms with van der Waals surface area (Å²) < 4.78 is 10.5. The number of Topliss-reactive ketones (excluding diaryl/α,β-unsaturated/α-hetero) is 1. The van der Waals surface area contributed by atoms with Crippen LogP contribution >= 0.6 is 0 Å². The molecule has 0 aliphatic heterocycles. The quantitative estimate of drug-likeness (QED) is 0.942. The fraction of sp³-hybridized carbons (Fsp3) is 0.444. The van der Waals surface area contributed by atoms with Gasteiger partial charge in [-0.3, -0.25) is 4.79 Å². The van der Waals surface area contributed by atoms with Crippen molar-refractivity contribution in [1.82, 2.24) is 5.16 Å². The third-order valence-corrected chi connectivity index (χ3v) is 4.74. The molecule has 23 heavy (non-hydrogen) atoms. The Morgan fingerprint density at radius 1 is 1.39 bits per heavy atom. The Kier molecular flexibility index (Phi) is 3.76. The number of hydrogen-bond acceptors (Lipinski definition) is 5. The smallest absolute Gasteiger partial charge is 0.137 e. The lowest BCUT2D eigenvalue weighted by molar-refractivity contribution is -0.130. The predicted molar refractivity (Wildman–Crippen MR) is 84.6 cm³/mol. The van der Waals surface area contributed by atoms with Gasteiger partial charge in [0.2, 0.25) is 0 Å². The standard InChI is InChI=1S/C18H21NO4/c1-10(20)17-16(12-5-7-13(22-4)8-6-12)15-11(2)23-19-14(15)9-18(17,3)21/h5-8,16-17,21H,9H2,1-4H3/t16-,17+,18+/m1/s1. The second-order valence-electron chi connectivity index (χ2n) is 6.47. The second-order valence-corrected chi connectivity index (χ2v) is 6.47. The van der Waals surface area contributed by atoms with Gasteiger partial charge in [0, 0.05) is 17.9 Å². The van der Waals surface area contributed by atoms with Crippen molar-refractivity contribution in [3.05, 3.63) is 46.8 Å². The van der Waals surface area contributed by atoms with Crippen molar-refractivity contribution in [2.24, 2.45) is 5.92 Å². The van der Waals surface area contributed by atoms with Crippen LogP contribution in [0, 0.1) is 12.8 Å².